The number of nitrogens with zero attached hydrogens (tertiary/aromatic N) is 3. The largest absolute Gasteiger partial charge is 0.508 e. The molecule has 0 unspecified atom stereocenters. The molecular formula is C43H44N4O7. The lowest BCUT2D eigenvalue weighted by molar-refractivity contribution is 0.0308. The van der Waals surface area contributed by atoms with Crippen LogP contribution in [0.4, 0.5) is 5.69 Å². The van der Waals surface area contributed by atoms with Crippen molar-refractivity contribution in [1.82, 2.24) is 14.4 Å². The molecule has 54 heavy (non-hydrogen) atoms. The summed E-state index contributed by atoms with van der Waals surface area (Å²) in [4.78, 5) is 33.8. The van der Waals surface area contributed by atoms with Crippen LogP contribution in [0.2, 0.25) is 0 Å². The number of aromatic hydroxyl groups is 1. The molecule has 1 aromatic heterocycles. The summed E-state index contributed by atoms with van der Waals surface area (Å²) in [6.07, 6.45) is 1.72. The molecule has 4 aromatic carbocycles. The van der Waals surface area contributed by atoms with Crippen LogP contribution >= 0.6 is 0 Å². The third-order valence-electron chi connectivity index (χ3n) is 10.7. The Bertz CT molecular complexity index is 2160. The number of rotatable bonds is 10. The molecule has 3 aliphatic rings. The molecule has 4 heterocycles. The maximum Gasteiger partial charge on any atom is 0.257 e. The van der Waals surface area contributed by atoms with Gasteiger partial charge in [-0.25, -0.2) is 0 Å². The van der Waals surface area contributed by atoms with E-state index < -0.39 is 0 Å². The molecule has 11 heteroatoms. The first-order valence-electron chi connectivity index (χ1n) is 18.5. The van der Waals surface area contributed by atoms with Crippen LogP contribution in [0.3, 0.4) is 0 Å². The lowest BCUT2D eigenvalue weighted by Gasteiger charge is -2.39. The highest BCUT2D eigenvalue weighted by molar-refractivity contribution is 6.08. The number of hydrogen-bond donors (Lipinski definition) is 3. The van der Waals surface area contributed by atoms with Crippen molar-refractivity contribution >= 4 is 17.5 Å². The number of phenolic OH excluding ortho intramolecular Hbond substituents is 1. The molecule has 8 rings (SSSR count). The van der Waals surface area contributed by atoms with E-state index in [9.17, 15) is 15.0 Å². The van der Waals surface area contributed by atoms with Crippen LogP contribution in [0.15, 0.2) is 91.0 Å². The second-order valence-corrected chi connectivity index (χ2v) is 14.0. The van der Waals surface area contributed by atoms with Gasteiger partial charge >= 0.3 is 0 Å². The molecule has 0 aliphatic carbocycles. The van der Waals surface area contributed by atoms with E-state index in [1.54, 1.807) is 18.2 Å². The van der Waals surface area contributed by atoms with Crippen molar-refractivity contribution in [3.05, 3.63) is 125 Å². The van der Waals surface area contributed by atoms with Crippen LogP contribution in [0.5, 0.6) is 17.2 Å². The Balaban J connectivity index is 1.28. The Hall–Kier alpha value is -5.62. The van der Waals surface area contributed by atoms with Gasteiger partial charge in [0.25, 0.3) is 11.8 Å². The lowest BCUT2D eigenvalue weighted by atomic mass is 9.89. The Kier molecular flexibility index (Phi) is 10.1. The van der Waals surface area contributed by atoms with E-state index in [-0.39, 0.29) is 43.4 Å². The minimum Gasteiger partial charge on any atom is -0.508 e. The summed E-state index contributed by atoms with van der Waals surface area (Å²) in [6, 6.07) is 27.9. The highest BCUT2D eigenvalue weighted by atomic mass is 16.7. The van der Waals surface area contributed by atoms with Crippen LogP contribution in [-0.4, -0.2) is 88.7 Å². The molecule has 3 N–H and O–H groups in total. The second kappa shape index (κ2) is 15.4. The van der Waals surface area contributed by atoms with Crippen molar-refractivity contribution in [3.63, 3.8) is 0 Å². The molecule has 2 amide bonds. The minimum atomic E-state index is -0.345. The van der Waals surface area contributed by atoms with Gasteiger partial charge < -0.3 is 39.2 Å². The van der Waals surface area contributed by atoms with Gasteiger partial charge in [-0.2, -0.15) is 0 Å². The van der Waals surface area contributed by atoms with Gasteiger partial charge in [-0.05, 0) is 85.8 Å². The van der Waals surface area contributed by atoms with Crippen molar-refractivity contribution in [2.75, 3.05) is 51.6 Å². The monoisotopic (exact) mass is 728 g/mol. The lowest BCUT2D eigenvalue weighted by Crippen LogP contribution is -2.47. The van der Waals surface area contributed by atoms with Gasteiger partial charge in [0.05, 0.1) is 30.0 Å². The van der Waals surface area contributed by atoms with E-state index in [0.29, 0.717) is 70.6 Å². The predicted octanol–water partition coefficient (Wildman–Crippen LogP) is 5.96. The van der Waals surface area contributed by atoms with E-state index in [1.165, 1.54) is 17.7 Å². The van der Waals surface area contributed by atoms with E-state index in [0.717, 1.165) is 43.7 Å². The molecule has 5 aromatic rings. The first-order chi connectivity index (χ1) is 26.4. The molecule has 0 spiro atoms. The zero-order valence-electron chi connectivity index (χ0n) is 30.3. The zero-order valence-corrected chi connectivity index (χ0v) is 30.3. The highest BCUT2D eigenvalue weighted by Gasteiger charge is 2.36. The number of carbonyl (C=O) groups is 2. The molecule has 1 saturated heterocycles. The Labute approximate surface area is 314 Å². The maximum atomic E-state index is 15.4. The predicted molar refractivity (Wildman–Crippen MR) is 205 cm³/mol. The van der Waals surface area contributed by atoms with Crippen LogP contribution < -0.4 is 14.8 Å². The van der Waals surface area contributed by atoms with E-state index in [2.05, 4.69) is 28.4 Å². The number of phenols is 1. The summed E-state index contributed by atoms with van der Waals surface area (Å²) in [7, 11) is 0. The molecule has 278 valence electrons. The van der Waals surface area contributed by atoms with Crippen molar-refractivity contribution < 1.29 is 34.0 Å². The number of fused-ring (bicyclic) bond motifs is 2. The van der Waals surface area contributed by atoms with Gasteiger partial charge in [0.1, 0.15) is 5.75 Å². The summed E-state index contributed by atoms with van der Waals surface area (Å²) in [5, 5.41) is 23.2. The fourth-order valence-corrected chi connectivity index (χ4v) is 7.99. The van der Waals surface area contributed by atoms with Gasteiger partial charge in [0.2, 0.25) is 6.79 Å². The Morgan fingerprint density at radius 1 is 0.889 bits per heavy atom. The van der Waals surface area contributed by atoms with E-state index in [4.69, 9.17) is 14.2 Å². The summed E-state index contributed by atoms with van der Waals surface area (Å²) in [5.41, 5.74) is 7.01. The summed E-state index contributed by atoms with van der Waals surface area (Å²) >= 11 is 0. The third-order valence-corrected chi connectivity index (χ3v) is 10.7. The molecule has 0 saturated carbocycles. The number of benzene rings is 4. The Morgan fingerprint density at radius 2 is 1.63 bits per heavy atom. The fraction of sp³-hybridized carbons (Fsp3) is 0.302. The van der Waals surface area contributed by atoms with Crippen LogP contribution in [0.25, 0.3) is 16.9 Å². The van der Waals surface area contributed by atoms with Gasteiger partial charge in [0.15, 0.2) is 11.5 Å². The third kappa shape index (κ3) is 6.93. The van der Waals surface area contributed by atoms with Crippen LogP contribution in [-0.2, 0) is 24.1 Å². The topological polar surface area (TPSA) is 126 Å². The maximum absolute atomic E-state index is 15.4. The number of aliphatic hydroxyl groups excluding tert-OH is 1. The molecule has 3 aliphatic heterocycles. The van der Waals surface area contributed by atoms with Gasteiger partial charge in [0, 0.05) is 67.0 Å². The van der Waals surface area contributed by atoms with Crippen molar-refractivity contribution in [1.29, 1.82) is 0 Å². The average Bonchev–Trinajstić information content (AvgIpc) is 3.82. The van der Waals surface area contributed by atoms with Crippen LogP contribution in [0.1, 0.15) is 49.5 Å². The number of carbonyl (C=O) groups excluding carboxylic acids is 2. The molecule has 1 atom stereocenters. The molecule has 0 radical (unpaired) electrons. The standard InChI is InChI=1S/C43H44N4O7/c1-28-36(42(50)44-31-11-13-34(49)14-12-31)24-38(47(28)32-9-3-2-4-10-32)40-35(16-20-48)41-39(53-27-54-41)25-37(40)43(51)46-26-30-8-6-5-7-29(30)23-33(46)15-17-45-18-21-52-22-19-45/h2-14,24-25,33,48-49H,15-23,26-27H2,1H3,(H,44,50)/t33-/m1/s1. The zero-order chi connectivity index (χ0) is 37.2. The smallest absolute Gasteiger partial charge is 0.257 e. The number of amides is 2. The molecule has 11 nitrogen and oxygen atoms in total. The van der Waals surface area contributed by atoms with E-state index in [1.807, 2.05) is 58.9 Å². The van der Waals surface area contributed by atoms with Crippen molar-refractivity contribution in [3.8, 4) is 34.2 Å². The number of nitrogens with one attached hydrogen (secondary N) is 1. The number of para-hydroxylation sites is 1. The molecule has 0 bridgehead atoms. The van der Waals surface area contributed by atoms with Crippen LogP contribution in [0, 0.1) is 6.92 Å². The number of hydrogen-bond acceptors (Lipinski definition) is 8. The average molecular weight is 729 g/mol. The quantitative estimate of drug-likeness (QED) is 0.151. The second-order valence-electron chi connectivity index (χ2n) is 14.0. The summed E-state index contributed by atoms with van der Waals surface area (Å²) in [5.74, 6) is 0.531. The fourth-order valence-electron chi connectivity index (χ4n) is 7.99. The number of morpholine rings is 1. The SMILES string of the molecule is Cc1c(C(=O)Nc2ccc(O)cc2)cc(-c2c(C(=O)N3Cc4ccccc4C[C@H]3CCN3CCOCC3)cc3c(c2CCO)OCO3)n1-c1ccccc1. The Morgan fingerprint density at radius 3 is 2.39 bits per heavy atom. The van der Waals surface area contributed by atoms with E-state index >= 15 is 4.79 Å². The van der Waals surface area contributed by atoms with Crippen molar-refractivity contribution in [2.24, 2.45) is 0 Å². The minimum absolute atomic E-state index is 0.0108. The van der Waals surface area contributed by atoms with Gasteiger partial charge in [-0.3, -0.25) is 14.5 Å². The number of aliphatic hydroxyl groups is 1. The van der Waals surface area contributed by atoms with Gasteiger partial charge in [-0.1, -0.05) is 42.5 Å². The first kappa shape index (κ1) is 35.4. The number of anilines is 1. The highest BCUT2D eigenvalue weighted by Crippen LogP contribution is 2.46. The van der Waals surface area contributed by atoms with Crippen molar-refractivity contribution in [2.45, 2.75) is 38.8 Å². The number of ether oxygens (including phenoxy) is 3. The normalized spacial score (nSPS) is 16.6. The number of aromatic nitrogens is 1. The molecule has 1 fully saturated rings. The summed E-state index contributed by atoms with van der Waals surface area (Å²) < 4.78 is 19.6. The first-order valence-corrected chi connectivity index (χ1v) is 18.5. The molecular weight excluding hydrogens is 684 g/mol. The summed E-state index contributed by atoms with van der Waals surface area (Å²) in [6.45, 7) is 6.12. The van der Waals surface area contributed by atoms with Gasteiger partial charge in [-0.15, -0.1) is 0 Å².